The summed E-state index contributed by atoms with van der Waals surface area (Å²) in [5.74, 6) is 0.0712. The van der Waals surface area contributed by atoms with Gasteiger partial charge in [-0.1, -0.05) is 18.9 Å². The molecule has 20 heavy (non-hydrogen) atoms. The van der Waals surface area contributed by atoms with Crippen molar-refractivity contribution >= 4 is 17.2 Å². The number of nitrogens with one attached hydrogen (secondary N) is 1. The van der Waals surface area contributed by atoms with Crippen molar-refractivity contribution in [2.75, 3.05) is 26.2 Å². The van der Waals surface area contributed by atoms with Crippen molar-refractivity contribution < 1.29 is 9.90 Å². The minimum atomic E-state index is 0.0712. The van der Waals surface area contributed by atoms with Gasteiger partial charge in [0.15, 0.2) is 0 Å². The quantitative estimate of drug-likeness (QED) is 0.839. The third-order valence-corrected chi connectivity index (χ3v) is 4.77. The average Bonchev–Trinajstić information content (AvgIpc) is 2.85. The van der Waals surface area contributed by atoms with Crippen LogP contribution in [0.15, 0.2) is 17.5 Å². The van der Waals surface area contributed by atoms with E-state index in [1.807, 2.05) is 6.07 Å². The number of hydrogen-bond donors (Lipinski definition) is 2. The fraction of sp³-hybridized carbons (Fsp3) is 0.667. The van der Waals surface area contributed by atoms with Gasteiger partial charge in [0.2, 0.25) is 5.91 Å². The monoisotopic (exact) mass is 296 g/mol. The van der Waals surface area contributed by atoms with Crippen molar-refractivity contribution in [3.05, 3.63) is 22.4 Å². The summed E-state index contributed by atoms with van der Waals surface area (Å²) in [4.78, 5) is 15.4. The highest BCUT2D eigenvalue weighted by atomic mass is 32.1. The van der Waals surface area contributed by atoms with Crippen LogP contribution in [0, 0.1) is 0 Å². The van der Waals surface area contributed by atoms with Crippen molar-refractivity contribution in [1.29, 1.82) is 0 Å². The van der Waals surface area contributed by atoms with Crippen LogP contribution in [-0.4, -0.2) is 48.2 Å². The molecule has 0 aromatic carbocycles. The Bertz CT molecular complexity index is 395. The number of thiophene rings is 1. The first-order valence-electron chi connectivity index (χ1n) is 7.43. The topological polar surface area (TPSA) is 52.6 Å². The zero-order valence-electron chi connectivity index (χ0n) is 11.9. The molecule has 5 heteroatoms. The number of nitrogens with zero attached hydrogens (tertiary/aromatic N) is 1. The maximum atomic E-state index is 12.0. The Morgan fingerprint density at radius 3 is 3.10 bits per heavy atom. The zero-order chi connectivity index (χ0) is 14.2. The minimum absolute atomic E-state index is 0.0712. The van der Waals surface area contributed by atoms with Gasteiger partial charge in [-0.25, -0.2) is 0 Å². The van der Waals surface area contributed by atoms with Crippen LogP contribution in [0.1, 0.15) is 30.6 Å². The molecular weight excluding hydrogens is 272 g/mol. The van der Waals surface area contributed by atoms with Crippen LogP contribution in [-0.2, 0) is 11.2 Å². The van der Waals surface area contributed by atoms with Gasteiger partial charge in [-0.3, -0.25) is 9.69 Å². The van der Waals surface area contributed by atoms with Gasteiger partial charge in [0, 0.05) is 17.5 Å². The molecule has 2 rings (SSSR count). The highest BCUT2D eigenvalue weighted by molar-refractivity contribution is 7.09. The summed E-state index contributed by atoms with van der Waals surface area (Å²) in [5.41, 5.74) is 0. The van der Waals surface area contributed by atoms with Crippen LogP contribution in [0.3, 0.4) is 0 Å². The molecule has 1 saturated heterocycles. The fourth-order valence-corrected chi connectivity index (χ4v) is 3.38. The number of rotatable bonds is 6. The third-order valence-electron chi connectivity index (χ3n) is 3.83. The predicted molar refractivity (Wildman–Crippen MR) is 81.9 cm³/mol. The molecule has 1 fully saturated rings. The lowest BCUT2D eigenvalue weighted by Crippen LogP contribution is -2.44. The summed E-state index contributed by atoms with van der Waals surface area (Å²) in [7, 11) is 0. The number of aliphatic hydroxyl groups is 1. The molecule has 1 amide bonds. The number of carbonyl (C=O) groups is 1. The van der Waals surface area contributed by atoms with E-state index >= 15 is 0 Å². The molecule has 4 nitrogen and oxygen atoms in total. The molecule has 1 aromatic rings. The lowest BCUT2D eigenvalue weighted by Gasteiger charge is -2.27. The highest BCUT2D eigenvalue weighted by Gasteiger charge is 2.21. The summed E-state index contributed by atoms with van der Waals surface area (Å²) in [5, 5.41) is 14.5. The van der Waals surface area contributed by atoms with E-state index in [4.69, 9.17) is 0 Å². The smallest absolute Gasteiger partial charge is 0.234 e. The Morgan fingerprint density at radius 2 is 2.35 bits per heavy atom. The number of hydrogen-bond acceptors (Lipinski definition) is 4. The molecule has 2 heterocycles. The number of carbonyl (C=O) groups excluding carboxylic acids is 1. The van der Waals surface area contributed by atoms with E-state index in [9.17, 15) is 9.90 Å². The summed E-state index contributed by atoms with van der Waals surface area (Å²) in [6.45, 7) is 2.18. The number of aliphatic hydroxyl groups excluding tert-OH is 1. The second-order valence-electron chi connectivity index (χ2n) is 5.34. The van der Waals surface area contributed by atoms with E-state index in [0.717, 1.165) is 32.2 Å². The molecule has 1 unspecified atom stereocenters. The first-order chi connectivity index (χ1) is 9.79. The minimum Gasteiger partial charge on any atom is -0.395 e. The summed E-state index contributed by atoms with van der Waals surface area (Å²) >= 11 is 1.72. The Labute approximate surface area is 124 Å². The Kier molecular flexibility index (Phi) is 6.50. The predicted octanol–water partition coefficient (Wildman–Crippen LogP) is 1.64. The van der Waals surface area contributed by atoms with Crippen LogP contribution in [0.5, 0.6) is 0 Å². The van der Waals surface area contributed by atoms with Gasteiger partial charge in [0.1, 0.15) is 0 Å². The summed E-state index contributed by atoms with van der Waals surface area (Å²) in [6, 6.07) is 4.28. The van der Waals surface area contributed by atoms with E-state index in [1.165, 1.54) is 11.3 Å². The second-order valence-corrected chi connectivity index (χ2v) is 6.37. The van der Waals surface area contributed by atoms with Gasteiger partial charge in [-0.2, -0.15) is 0 Å². The second kappa shape index (κ2) is 8.39. The van der Waals surface area contributed by atoms with E-state index in [-0.39, 0.29) is 18.6 Å². The van der Waals surface area contributed by atoms with Crippen molar-refractivity contribution in [2.45, 2.75) is 38.1 Å². The molecular formula is C15H24N2O2S. The van der Waals surface area contributed by atoms with Crippen LogP contribution in [0.25, 0.3) is 0 Å². The normalized spacial score (nSPS) is 20.6. The molecule has 2 N–H and O–H groups in total. The number of amides is 1. The van der Waals surface area contributed by atoms with Gasteiger partial charge in [0.05, 0.1) is 13.2 Å². The van der Waals surface area contributed by atoms with E-state index in [2.05, 4.69) is 21.7 Å². The van der Waals surface area contributed by atoms with E-state index in [1.54, 1.807) is 11.3 Å². The molecule has 0 radical (unpaired) electrons. The van der Waals surface area contributed by atoms with Gasteiger partial charge < -0.3 is 10.4 Å². The molecule has 0 saturated carbocycles. The maximum absolute atomic E-state index is 12.0. The van der Waals surface area contributed by atoms with Crippen LogP contribution >= 0.6 is 11.3 Å². The lowest BCUT2D eigenvalue weighted by molar-refractivity contribution is -0.122. The zero-order valence-corrected chi connectivity index (χ0v) is 12.7. The van der Waals surface area contributed by atoms with Crippen LogP contribution in [0.4, 0.5) is 0 Å². The van der Waals surface area contributed by atoms with Gasteiger partial charge in [0.25, 0.3) is 0 Å². The van der Waals surface area contributed by atoms with Gasteiger partial charge in [-0.05, 0) is 37.3 Å². The molecule has 1 aromatic heterocycles. The van der Waals surface area contributed by atoms with Crippen LogP contribution in [0.2, 0.25) is 0 Å². The molecule has 0 aliphatic carbocycles. The summed E-state index contributed by atoms with van der Waals surface area (Å²) < 4.78 is 0. The fourth-order valence-electron chi connectivity index (χ4n) is 2.67. The molecule has 0 spiro atoms. The first kappa shape index (κ1) is 15.5. The van der Waals surface area contributed by atoms with Gasteiger partial charge in [-0.15, -0.1) is 11.3 Å². The lowest BCUT2D eigenvalue weighted by atomic mass is 10.1. The summed E-state index contributed by atoms with van der Waals surface area (Å²) in [6.07, 6.45) is 5.37. The largest absolute Gasteiger partial charge is 0.395 e. The Hall–Kier alpha value is -0.910. The molecule has 0 bridgehead atoms. The first-order valence-corrected chi connectivity index (χ1v) is 8.31. The van der Waals surface area contributed by atoms with Gasteiger partial charge >= 0.3 is 0 Å². The average molecular weight is 296 g/mol. The molecule has 1 atom stereocenters. The maximum Gasteiger partial charge on any atom is 0.234 e. The number of likely N-dealkylation sites (tertiary alicyclic amines) is 1. The van der Waals surface area contributed by atoms with E-state index < -0.39 is 0 Å². The van der Waals surface area contributed by atoms with Crippen molar-refractivity contribution in [2.24, 2.45) is 0 Å². The SMILES string of the molecule is O=C(CN1CCCCCC1CO)NCCc1cccs1. The standard InChI is InChI=1S/C15H24N2O2S/c18-12-13-5-2-1-3-9-17(13)11-15(19)16-8-7-14-6-4-10-20-14/h4,6,10,13,18H,1-3,5,7-9,11-12H2,(H,16,19). The van der Waals surface area contributed by atoms with Crippen LogP contribution < -0.4 is 5.32 Å². The molecule has 1 aliphatic heterocycles. The van der Waals surface area contributed by atoms with Crippen molar-refractivity contribution in [3.8, 4) is 0 Å². The third kappa shape index (κ3) is 4.89. The Balaban J connectivity index is 1.71. The van der Waals surface area contributed by atoms with E-state index in [0.29, 0.717) is 13.1 Å². The Morgan fingerprint density at radius 1 is 1.45 bits per heavy atom. The molecule has 1 aliphatic rings. The van der Waals surface area contributed by atoms with Crippen molar-refractivity contribution in [3.63, 3.8) is 0 Å². The highest BCUT2D eigenvalue weighted by Crippen LogP contribution is 2.16. The van der Waals surface area contributed by atoms with Crippen molar-refractivity contribution in [1.82, 2.24) is 10.2 Å². The molecule has 112 valence electrons.